The van der Waals surface area contributed by atoms with E-state index in [0.29, 0.717) is 5.92 Å². The van der Waals surface area contributed by atoms with Gasteiger partial charge in [0.2, 0.25) is 0 Å². The van der Waals surface area contributed by atoms with Crippen LogP contribution in [0.15, 0.2) is 21.9 Å². The van der Waals surface area contributed by atoms with Crippen LogP contribution in [-0.2, 0) is 0 Å². The van der Waals surface area contributed by atoms with Crippen molar-refractivity contribution in [1.82, 2.24) is 4.98 Å². The van der Waals surface area contributed by atoms with Gasteiger partial charge in [0, 0.05) is 5.54 Å². The van der Waals surface area contributed by atoms with Crippen LogP contribution in [0.2, 0.25) is 13.1 Å². The van der Waals surface area contributed by atoms with Gasteiger partial charge in [-0.05, 0) is 52.7 Å². The molecule has 1 rings (SSSR count). The van der Waals surface area contributed by atoms with Gasteiger partial charge in [0.25, 0.3) is 0 Å². The summed E-state index contributed by atoms with van der Waals surface area (Å²) in [5.74, 6) is 0.638. The summed E-state index contributed by atoms with van der Waals surface area (Å²) < 4.78 is 0. The van der Waals surface area contributed by atoms with Gasteiger partial charge in [0.15, 0.2) is 8.24 Å². The molecule has 1 unspecified atom stereocenters. The fourth-order valence-corrected chi connectivity index (χ4v) is 7.66. The molecule has 1 N–H and O–H groups in total. The molecule has 0 aromatic rings. The van der Waals surface area contributed by atoms with Crippen molar-refractivity contribution in [1.29, 1.82) is 0 Å². The highest BCUT2D eigenvalue weighted by atomic mass is 28.3. The van der Waals surface area contributed by atoms with Gasteiger partial charge >= 0.3 is 0 Å². The Bertz CT molecular complexity index is 380. The molecule has 0 saturated heterocycles. The fourth-order valence-electron chi connectivity index (χ4n) is 3.32. The first kappa shape index (κ1) is 14.7. The van der Waals surface area contributed by atoms with E-state index in [9.17, 15) is 0 Å². The van der Waals surface area contributed by atoms with Crippen LogP contribution >= 0.6 is 0 Å². The third-order valence-electron chi connectivity index (χ3n) is 3.97. The molecular formula is C15H29NSi. The molecule has 0 amide bonds. The van der Waals surface area contributed by atoms with E-state index in [1.165, 1.54) is 0 Å². The maximum atomic E-state index is 3.89. The Labute approximate surface area is 108 Å². The normalized spacial score (nSPS) is 22.8. The maximum Gasteiger partial charge on any atom is 0.152 e. The molecule has 1 nitrogen and oxygen atoms in total. The predicted octanol–water partition coefficient (Wildman–Crippen LogP) is 4.42. The summed E-state index contributed by atoms with van der Waals surface area (Å²) >= 11 is 0. The molecule has 1 atom stereocenters. The van der Waals surface area contributed by atoms with Crippen LogP contribution in [-0.4, -0.2) is 13.8 Å². The number of nitrogens with one attached hydrogen (secondary N) is 1. The molecule has 0 aromatic heterocycles. The van der Waals surface area contributed by atoms with Crippen molar-refractivity contribution < 1.29 is 0 Å². The zero-order valence-electron chi connectivity index (χ0n) is 13.1. The van der Waals surface area contributed by atoms with Gasteiger partial charge in [-0.1, -0.05) is 36.7 Å². The first-order valence-corrected chi connectivity index (χ1v) is 9.65. The fraction of sp³-hybridized carbons (Fsp3) is 0.733. The molecule has 1 aliphatic carbocycles. The van der Waals surface area contributed by atoms with Gasteiger partial charge in [-0.15, -0.1) is 0 Å². The van der Waals surface area contributed by atoms with Crippen molar-refractivity contribution >= 4 is 8.24 Å². The molecule has 0 fully saturated rings. The van der Waals surface area contributed by atoms with E-state index in [4.69, 9.17) is 0 Å². The molecule has 2 heteroatoms. The standard InChI is InChI=1S/C15H29NSi/c1-10-11(2)13(4)14(12(10)3)17(8,9)16-15(5,6)7/h10,16H,1-9H3. The lowest BCUT2D eigenvalue weighted by molar-refractivity contribution is 0.514. The summed E-state index contributed by atoms with van der Waals surface area (Å²) in [6.45, 7) is 20.9. The molecule has 1 aliphatic rings. The Morgan fingerprint density at radius 3 is 1.76 bits per heavy atom. The van der Waals surface area contributed by atoms with Crippen LogP contribution < -0.4 is 4.98 Å². The first-order valence-electron chi connectivity index (χ1n) is 6.65. The monoisotopic (exact) mass is 251 g/mol. The summed E-state index contributed by atoms with van der Waals surface area (Å²) in [6, 6.07) is 0. The zero-order chi connectivity index (χ0) is 13.6. The number of hydrogen-bond acceptors (Lipinski definition) is 1. The summed E-state index contributed by atoms with van der Waals surface area (Å²) in [5.41, 5.74) is 4.90. The van der Waals surface area contributed by atoms with Crippen molar-refractivity contribution in [3.63, 3.8) is 0 Å². The Morgan fingerprint density at radius 2 is 1.47 bits per heavy atom. The van der Waals surface area contributed by atoms with Crippen LogP contribution in [0.4, 0.5) is 0 Å². The Kier molecular flexibility index (Phi) is 3.81. The highest BCUT2D eigenvalue weighted by Gasteiger charge is 2.37. The minimum atomic E-state index is -1.54. The Balaban J connectivity index is 3.16. The number of rotatable bonds is 2. The molecule has 0 spiro atoms. The molecule has 0 heterocycles. The smallest absolute Gasteiger partial charge is 0.152 e. The Morgan fingerprint density at radius 1 is 1.00 bits per heavy atom. The van der Waals surface area contributed by atoms with E-state index in [2.05, 4.69) is 66.5 Å². The van der Waals surface area contributed by atoms with Crippen molar-refractivity contribution in [2.24, 2.45) is 5.92 Å². The second-order valence-corrected chi connectivity index (χ2v) is 11.1. The van der Waals surface area contributed by atoms with Gasteiger partial charge in [-0.2, -0.15) is 0 Å². The molecule has 0 radical (unpaired) electrons. The largest absolute Gasteiger partial charge is 0.329 e. The summed E-state index contributed by atoms with van der Waals surface area (Å²) in [7, 11) is -1.54. The van der Waals surface area contributed by atoms with E-state index in [1.807, 2.05) is 0 Å². The van der Waals surface area contributed by atoms with Crippen molar-refractivity contribution in [3.8, 4) is 0 Å². The zero-order valence-corrected chi connectivity index (χ0v) is 14.1. The second-order valence-electron chi connectivity index (χ2n) is 7.09. The van der Waals surface area contributed by atoms with Crippen LogP contribution in [0.3, 0.4) is 0 Å². The van der Waals surface area contributed by atoms with E-state index < -0.39 is 8.24 Å². The Hall–Kier alpha value is -0.343. The average molecular weight is 251 g/mol. The summed E-state index contributed by atoms with van der Waals surface area (Å²) in [4.78, 5) is 3.89. The molecule has 98 valence electrons. The van der Waals surface area contributed by atoms with Crippen LogP contribution in [0.1, 0.15) is 48.5 Å². The number of hydrogen-bond donors (Lipinski definition) is 1. The van der Waals surface area contributed by atoms with E-state index in [0.717, 1.165) is 0 Å². The lowest BCUT2D eigenvalue weighted by Crippen LogP contribution is -2.56. The maximum absolute atomic E-state index is 3.89. The summed E-state index contributed by atoms with van der Waals surface area (Å²) in [6.07, 6.45) is 0. The molecule has 0 aromatic carbocycles. The van der Waals surface area contributed by atoms with Gasteiger partial charge in [-0.3, -0.25) is 0 Å². The predicted molar refractivity (Wildman–Crippen MR) is 80.6 cm³/mol. The first-order chi connectivity index (χ1) is 7.47. The molecule has 0 saturated carbocycles. The molecule has 17 heavy (non-hydrogen) atoms. The van der Waals surface area contributed by atoms with Gasteiger partial charge < -0.3 is 4.98 Å². The molecule has 0 aliphatic heterocycles. The van der Waals surface area contributed by atoms with Crippen LogP contribution in [0.5, 0.6) is 0 Å². The number of allylic oxidation sites excluding steroid dienone is 4. The highest BCUT2D eigenvalue weighted by molar-refractivity contribution is 6.83. The third kappa shape index (κ3) is 2.91. The van der Waals surface area contributed by atoms with Gasteiger partial charge in [0.1, 0.15) is 0 Å². The second kappa shape index (κ2) is 4.40. The lowest BCUT2D eigenvalue weighted by atomic mass is 10.0. The topological polar surface area (TPSA) is 12.0 Å². The summed E-state index contributed by atoms with van der Waals surface area (Å²) in [5, 5.41) is 1.65. The highest BCUT2D eigenvalue weighted by Crippen LogP contribution is 2.40. The SMILES string of the molecule is CC1=C(C)C(C)C(C)=C1[Si](C)(C)NC(C)(C)C. The minimum Gasteiger partial charge on any atom is -0.329 e. The van der Waals surface area contributed by atoms with Gasteiger partial charge in [-0.25, -0.2) is 0 Å². The van der Waals surface area contributed by atoms with E-state index >= 15 is 0 Å². The van der Waals surface area contributed by atoms with Crippen molar-refractivity contribution in [2.45, 2.75) is 67.1 Å². The van der Waals surface area contributed by atoms with E-state index in [-0.39, 0.29) is 5.54 Å². The molecular weight excluding hydrogens is 222 g/mol. The lowest BCUT2D eigenvalue weighted by Gasteiger charge is -2.35. The average Bonchev–Trinajstić information content (AvgIpc) is 2.27. The van der Waals surface area contributed by atoms with Crippen molar-refractivity contribution in [2.75, 3.05) is 0 Å². The minimum absolute atomic E-state index is 0.197. The van der Waals surface area contributed by atoms with Crippen LogP contribution in [0.25, 0.3) is 0 Å². The van der Waals surface area contributed by atoms with Crippen LogP contribution in [0, 0.1) is 5.92 Å². The van der Waals surface area contributed by atoms with Gasteiger partial charge in [0.05, 0.1) is 0 Å². The quantitative estimate of drug-likeness (QED) is 0.716. The third-order valence-corrected chi connectivity index (χ3v) is 7.37. The van der Waals surface area contributed by atoms with E-state index in [1.54, 1.807) is 21.9 Å². The van der Waals surface area contributed by atoms with Crippen molar-refractivity contribution in [3.05, 3.63) is 21.9 Å². The molecule has 0 bridgehead atoms.